The van der Waals surface area contributed by atoms with Crippen molar-refractivity contribution in [3.63, 3.8) is 0 Å². The Hall–Kier alpha value is -3.85. The van der Waals surface area contributed by atoms with E-state index in [0.29, 0.717) is 34.5 Å². The predicted molar refractivity (Wildman–Crippen MR) is 124 cm³/mol. The van der Waals surface area contributed by atoms with Crippen LogP contribution in [0.1, 0.15) is 35.3 Å². The van der Waals surface area contributed by atoms with E-state index in [9.17, 15) is 14.7 Å². The lowest BCUT2D eigenvalue weighted by Gasteiger charge is -2.18. The van der Waals surface area contributed by atoms with Gasteiger partial charge in [-0.1, -0.05) is 19.1 Å². The van der Waals surface area contributed by atoms with Crippen LogP contribution in [0.25, 0.3) is 10.9 Å². The number of hydrogen-bond acceptors (Lipinski definition) is 8. The number of nitrogens with two attached hydrogens (primary N) is 1. The normalized spacial score (nSPS) is 10.7. The van der Waals surface area contributed by atoms with E-state index in [0.717, 1.165) is 16.8 Å². The smallest absolute Gasteiger partial charge is 0.344 e. The molecule has 0 atom stereocenters. The molecule has 174 valence electrons. The first kappa shape index (κ1) is 23.8. The van der Waals surface area contributed by atoms with E-state index in [1.807, 2.05) is 25.1 Å². The molecule has 0 saturated heterocycles. The highest BCUT2D eigenvalue weighted by atomic mass is 16.6. The van der Waals surface area contributed by atoms with Gasteiger partial charge in [0.25, 0.3) is 5.91 Å². The maximum Gasteiger partial charge on any atom is 0.344 e. The van der Waals surface area contributed by atoms with Gasteiger partial charge in [-0.15, -0.1) is 0 Å². The fourth-order valence-electron chi connectivity index (χ4n) is 3.59. The van der Waals surface area contributed by atoms with Crippen molar-refractivity contribution in [2.45, 2.75) is 26.9 Å². The van der Waals surface area contributed by atoms with Crippen LogP contribution in [0.3, 0.4) is 0 Å². The van der Waals surface area contributed by atoms with Gasteiger partial charge in [0.2, 0.25) is 0 Å². The Morgan fingerprint density at radius 2 is 1.97 bits per heavy atom. The van der Waals surface area contributed by atoms with Gasteiger partial charge in [-0.25, -0.2) is 4.79 Å². The highest BCUT2D eigenvalue weighted by molar-refractivity contribution is 6.08. The zero-order valence-corrected chi connectivity index (χ0v) is 18.8. The van der Waals surface area contributed by atoms with Gasteiger partial charge in [-0.05, 0) is 36.6 Å². The van der Waals surface area contributed by atoms with Crippen molar-refractivity contribution in [1.29, 1.82) is 0 Å². The van der Waals surface area contributed by atoms with Gasteiger partial charge in [0.15, 0.2) is 18.1 Å². The number of anilines is 2. The maximum absolute atomic E-state index is 12.2. The van der Waals surface area contributed by atoms with Crippen LogP contribution in [0.15, 0.2) is 36.5 Å². The van der Waals surface area contributed by atoms with Gasteiger partial charge in [0, 0.05) is 23.3 Å². The number of aromatic nitrogens is 1. The molecule has 0 saturated carbocycles. The molecule has 0 fully saturated rings. The second-order valence-corrected chi connectivity index (χ2v) is 7.10. The third kappa shape index (κ3) is 5.15. The van der Waals surface area contributed by atoms with Crippen LogP contribution in [-0.4, -0.2) is 42.3 Å². The lowest BCUT2D eigenvalue weighted by Crippen LogP contribution is -2.15. The van der Waals surface area contributed by atoms with E-state index in [1.165, 1.54) is 13.3 Å². The van der Waals surface area contributed by atoms with E-state index in [4.69, 9.17) is 19.9 Å². The van der Waals surface area contributed by atoms with Crippen molar-refractivity contribution in [3.05, 3.63) is 53.2 Å². The summed E-state index contributed by atoms with van der Waals surface area (Å²) in [4.78, 5) is 28.2. The SMILES string of the molecule is CCOC(=O)COc1cc2ncc(C(N)=O)c(Nc3cccc(CO)c3CC)c2cc1OC. The van der Waals surface area contributed by atoms with Gasteiger partial charge in [0.05, 0.1) is 37.1 Å². The first-order valence-corrected chi connectivity index (χ1v) is 10.5. The third-order valence-electron chi connectivity index (χ3n) is 5.13. The largest absolute Gasteiger partial charge is 0.493 e. The van der Waals surface area contributed by atoms with Crippen molar-refractivity contribution in [3.8, 4) is 11.5 Å². The van der Waals surface area contributed by atoms with E-state index in [-0.39, 0.29) is 25.4 Å². The number of nitrogens with zero attached hydrogens (tertiary/aromatic N) is 1. The van der Waals surface area contributed by atoms with E-state index >= 15 is 0 Å². The lowest BCUT2D eigenvalue weighted by atomic mass is 10.0. The van der Waals surface area contributed by atoms with Crippen molar-refractivity contribution in [2.75, 3.05) is 25.6 Å². The number of rotatable bonds is 10. The molecule has 0 aliphatic carbocycles. The highest BCUT2D eigenvalue weighted by Gasteiger charge is 2.19. The molecule has 4 N–H and O–H groups in total. The highest BCUT2D eigenvalue weighted by Crippen LogP contribution is 2.38. The molecular weight excluding hydrogens is 426 g/mol. The van der Waals surface area contributed by atoms with Crippen LogP contribution in [0.4, 0.5) is 11.4 Å². The monoisotopic (exact) mass is 453 g/mol. The van der Waals surface area contributed by atoms with Crippen LogP contribution in [-0.2, 0) is 22.6 Å². The first-order valence-electron chi connectivity index (χ1n) is 10.5. The summed E-state index contributed by atoms with van der Waals surface area (Å²) in [7, 11) is 1.47. The summed E-state index contributed by atoms with van der Waals surface area (Å²) in [6, 6.07) is 8.82. The summed E-state index contributed by atoms with van der Waals surface area (Å²) >= 11 is 0. The Bertz CT molecular complexity index is 1180. The average molecular weight is 453 g/mol. The molecule has 0 spiro atoms. The quantitative estimate of drug-likeness (QED) is 0.399. The number of aliphatic hydroxyl groups excluding tert-OH is 1. The molecule has 9 heteroatoms. The zero-order valence-electron chi connectivity index (χ0n) is 18.8. The minimum Gasteiger partial charge on any atom is -0.493 e. The number of pyridine rings is 1. The number of methoxy groups -OCH3 is 1. The topological polar surface area (TPSA) is 133 Å². The Morgan fingerprint density at radius 3 is 2.61 bits per heavy atom. The molecule has 33 heavy (non-hydrogen) atoms. The molecular formula is C24H27N3O6. The maximum atomic E-state index is 12.2. The van der Waals surface area contributed by atoms with Crippen molar-refractivity contribution in [2.24, 2.45) is 5.73 Å². The Balaban J connectivity index is 2.12. The average Bonchev–Trinajstić information content (AvgIpc) is 2.82. The van der Waals surface area contributed by atoms with E-state index < -0.39 is 11.9 Å². The van der Waals surface area contributed by atoms with Crippen LogP contribution >= 0.6 is 0 Å². The number of benzene rings is 2. The number of ether oxygens (including phenoxy) is 3. The molecule has 0 radical (unpaired) electrons. The number of nitrogens with one attached hydrogen (secondary N) is 1. The molecule has 1 aromatic heterocycles. The van der Waals surface area contributed by atoms with E-state index in [1.54, 1.807) is 19.1 Å². The molecule has 9 nitrogen and oxygen atoms in total. The third-order valence-corrected chi connectivity index (χ3v) is 5.13. The summed E-state index contributed by atoms with van der Waals surface area (Å²) in [5.74, 6) is -0.502. The summed E-state index contributed by atoms with van der Waals surface area (Å²) in [6.07, 6.45) is 2.05. The van der Waals surface area contributed by atoms with Crippen LogP contribution in [0.5, 0.6) is 11.5 Å². The van der Waals surface area contributed by atoms with Gasteiger partial charge >= 0.3 is 5.97 Å². The summed E-state index contributed by atoms with van der Waals surface area (Å²) in [5.41, 5.74) is 9.22. The van der Waals surface area contributed by atoms with Crippen molar-refractivity contribution >= 4 is 34.2 Å². The molecule has 1 heterocycles. The van der Waals surface area contributed by atoms with Crippen molar-refractivity contribution in [1.82, 2.24) is 4.98 Å². The number of fused-ring (bicyclic) bond motifs is 1. The fourth-order valence-corrected chi connectivity index (χ4v) is 3.59. The molecule has 3 aromatic rings. The molecule has 0 aliphatic rings. The standard InChI is InChI=1S/C24H27N3O6/c1-4-15-14(12-28)7-6-8-18(15)27-23-16-9-20(31-3)21(33-13-22(29)32-5-2)10-19(16)26-11-17(23)24(25)30/h6-11,28H,4-5,12-13H2,1-3H3,(H2,25,30)(H,26,27). The molecule has 0 unspecified atom stereocenters. The summed E-state index contributed by atoms with van der Waals surface area (Å²) in [5, 5.41) is 13.6. The molecule has 1 amide bonds. The number of hydrogen-bond donors (Lipinski definition) is 3. The minimum atomic E-state index is -0.648. The van der Waals surface area contributed by atoms with Gasteiger partial charge < -0.3 is 30.4 Å². The Kier molecular flexibility index (Phi) is 7.68. The lowest BCUT2D eigenvalue weighted by molar-refractivity contribution is -0.145. The number of amides is 1. The molecule has 0 aliphatic heterocycles. The fraction of sp³-hybridized carbons (Fsp3) is 0.292. The van der Waals surface area contributed by atoms with Gasteiger partial charge in [-0.2, -0.15) is 0 Å². The van der Waals surface area contributed by atoms with Crippen LogP contribution < -0.4 is 20.5 Å². The number of aliphatic hydroxyl groups is 1. The van der Waals surface area contributed by atoms with Gasteiger partial charge in [0.1, 0.15) is 0 Å². The molecule has 0 bridgehead atoms. The summed E-state index contributed by atoms with van der Waals surface area (Å²) in [6.45, 7) is 3.56. The van der Waals surface area contributed by atoms with Crippen LogP contribution in [0.2, 0.25) is 0 Å². The molecule has 3 rings (SSSR count). The Morgan fingerprint density at radius 1 is 1.18 bits per heavy atom. The van der Waals surface area contributed by atoms with E-state index in [2.05, 4.69) is 10.3 Å². The second-order valence-electron chi connectivity index (χ2n) is 7.10. The molecule has 2 aromatic carbocycles. The number of carbonyl (C=O) groups is 2. The van der Waals surface area contributed by atoms with Gasteiger partial charge in [-0.3, -0.25) is 9.78 Å². The first-order chi connectivity index (χ1) is 15.9. The zero-order chi connectivity index (χ0) is 24.0. The second kappa shape index (κ2) is 10.6. The minimum absolute atomic E-state index is 0.104. The van der Waals surface area contributed by atoms with Crippen molar-refractivity contribution < 1.29 is 28.9 Å². The number of primary amides is 1. The Labute approximate surface area is 191 Å². The number of carbonyl (C=O) groups excluding carboxylic acids is 2. The van der Waals surface area contributed by atoms with Crippen LogP contribution in [0, 0.1) is 0 Å². The number of esters is 1. The summed E-state index contributed by atoms with van der Waals surface area (Å²) < 4.78 is 15.9. The predicted octanol–water partition coefficient (Wildman–Crippen LogP) is 3.08.